The van der Waals surface area contributed by atoms with E-state index in [2.05, 4.69) is 5.32 Å². The van der Waals surface area contributed by atoms with Crippen molar-refractivity contribution in [2.45, 2.75) is 19.5 Å². The van der Waals surface area contributed by atoms with Crippen molar-refractivity contribution in [2.24, 2.45) is 0 Å². The van der Waals surface area contributed by atoms with E-state index >= 15 is 0 Å². The Bertz CT molecular complexity index is 171. The van der Waals surface area contributed by atoms with Crippen molar-refractivity contribution in [1.82, 2.24) is 5.32 Å². The number of hydrogen-bond donors (Lipinski definition) is 1. The molecule has 5 heteroatoms. The van der Waals surface area contributed by atoms with Crippen LogP contribution in [0.1, 0.15) is 13.8 Å². The zero-order valence-electron chi connectivity index (χ0n) is 7.58. The average Bonchev–Trinajstić information content (AvgIpc) is 1.82. The van der Waals surface area contributed by atoms with Gasteiger partial charge in [-0.15, -0.1) is 0 Å². The molecule has 1 rings (SSSR count). The largest absolute Gasteiger partial charge is 0.336 e. The van der Waals surface area contributed by atoms with Gasteiger partial charge in [-0.05, 0) is 13.8 Å². The Balaban J connectivity index is 2.50. The summed E-state index contributed by atoms with van der Waals surface area (Å²) >= 11 is 0. The average molecular weight is 193 g/mol. The maximum Gasteiger partial charge on any atom is 0.336 e. The lowest BCUT2D eigenvalue weighted by atomic mass is 10.3. The highest BCUT2D eigenvalue weighted by Crippen LogP contribution is 2.54. The van der Waals surface area contributed by atoms with Crippen molar-refractivity contribution in [1.29, 1.82) is 0 Å². The third-order valence-corrected chi connectivity index (χ3v) is 4.32. The van der Waals surface area contributed by atoms with Gasteiger partial charge in [-0.25, -0.2) is 0 Å². The molecule has 0 aromatic rings. The molecule has 1 heterocycles. The van der Waals surface area contributed by atoms with E-state index in [0.717, 1.165) is 13.1 Å². The summed E-state index contributed by atoms with van der Waals surface area (Å²) in [4.78, 5) is 0. The molecule has 0 unspecified atom stereocenters. The maximum absolute atomic E-state index is 11.9. The quantitative estimate of drug-likeness (QED) is 0.667. The molecule has 0 aliphatic carbocycles. The van der Waals surface area contributed by atoms with Crippen LogP contribution in [0.15, 0.2) is 0 Å². The molecule has 1 N–H and O–H groups in total. The van der Waals surface area contributed by atoms with Gasteiger partial charge in [0.15, 0.2) is 0 Å². The normalized spacial score (nSPS) is 19.2. The molecule has 0 atom stereocenters. The lowest BCUT2D eigenvalue weighted by Crippen LogP contribution is -2.47. The number of hydrogen-bond acceptors (Lipinski definition) is 4. The van der Waals surface area contributed by atoms with Gasteiger partial charge >= 0.3 is 7.60 Å². The Morgan fingerprint density at radius 1 is 1.33 bits per heavy atom. The van der Waals surface area contributed by atoms with Crippen LogP contribution >= 0.6 is 7.60 Å². The standard InChI is InChI=1S/C7H16NO3P/c1-3-10-12(9,11-4-2)7-5-8-6-7/h7-8H,3-6H2,1-2H3. The first-order valence-electron chi connectivity index (χ1n) is 4.32. The lowest BCUT2D eigenvalue weighted by molar-refractivity contribution is 0.203. The molecular formula is C7H16NO3P. The molecule has 72 valence electrons. The van der Waals surface area contributed by atoms with Crippen molar-refractivity contribution in [2.75, 3.05) is 26.3 Å². The van der Waals surface area contributed by atoms with E-state index in [-0.39, 0.29) is 5.66 Å². The molecule has 0 saturated carbocycles. The minimum atomic E-state index is -2.79. The van der Waals surface area contributed by atoms with Gasteiger partial charge in [-0.2, -0.15) is 0 Å². The highest BCUT2D eigenvalue weighted by molar-refractivity contribution is 7.54. The van der Waals surface area contributed by atoms with E-state index in [1.165, 1.54) is 0 Å². The third-order valence-electron chi connectivity index (χ3n) is 1.83. The molecule has 0 aromatic carbocycles. The molecule has 1 aliphatic heterocycles. The van der Waals surface area contributed by atoms with Crippen LogP contribution in [0, 0.1) is 0 Å². The molecule has 0 amide bonds. The smallest absolute Gasteiger partial charge is 0.315 e. The molecular weight excluding hydrogens is 177 g/mol. The van der Waals surface area contributed by atoms with Gasteiger partial charge in [0.1, 0.15) is 0 Å². The first-order chi connectivity index (χ1) is 5.73. The molecule has 4 nitrogen and oxygen atoms in total. The Morgan fingerprint density at radius 3 is 2.08 bits per heavy atom. The number of nitrogens with one attached hydrogen (secondary N) is 1. The van der Waals surface area contributed by atoms with Gasteiger partial charge in [-0.1, -0.05) is 0 Å². The first-order valence-corrected chi connectivity index (χ1v) is 5.93. The zero-order valence-corrected chi connectivity index (χ0v) is 8.47. The summed E-state index contributed by atoms with van der Waals surface area (Å²) in [5.41, 5.74) is 0.0670. The van der Waals surface area contributed by atoms with Gasteiger partial charge in [0, 0.05) is 13.1 Å². The summed E-state index contributed by atoms with van der Waals surface area (Å²) in [5.74, 6) is 0. The molecule has 0 bridgehead atoms. The highest BCUT2D eigenvalue weighted by atomic mass is 31.2. The molecule has 0 spiro atoms. The summed E-state index contributed by atoms with van der Waals surface area (Å²) in [6.45, 7) is 6.06. The monoisotopic (exact) mass is 193 g/mol. The summed E-state index contributed by atoms with van der Waals surface area (Å²) in [6.07, 6.45) is 0. The summed E-state index contributed by atoms with van der Waals surface area (Å²) < 4.78 is 22.2. The molecule has 1 saturated heterocycles. The van der Waals surface area contributed by atoms with Crippen molar-refractivity contribution in [3.8, 4) is 0 Å². The van der Waals surface area contributed by atoms with Crippen LogP contribution in [0.3, 0.4) is 0 Å². The van der Waals surface area contributed by atoms with E-state index in [9.17, 15) is 4.57 Å². The minimum Gasteiger partial charge on any atom is -0.315 e. The first kappa shape index (κ1) is 10.2. The fourth-order valence-electron chi connectivity index (χ4n) is 1.11. The van der Waals surface area contributed by atoms with E-state index < -0.39 is 7.60 Å². The van der Waals surface area contributed by atoms with Crippen molar-refractivity contribution in [3.05, 3.63) is 0 Å². The predicted octanol–water partition coefficient (Wildman–Crippen LogP) is 1.22. The fourth-order valence-corrected chi connectivity index (χ4v) is 3.03. The summed E-state index contributed by atoms with van der Waals surface area (Å²) in [7, 11) is -2.79. The summed E-state index contributed by atoms with van der Waals surface area (Å²) in [6, 6.07) is 0. The van der Waals surface area contributed by atoms with Crippen LogP contribution in [0.2, 0.25) is 0 Å². The highest BCUT2D eigenvalue weighted by Gasteiger charge is 2.39. The topological polar surface area (TPSA) is 47.6 Å². The van der Waals surface area contributed by atoms with Gasteiger partial charge < -0.3 is 14.4 Å². The van der Waals surface area contributed by atoms with Crippen LogP contribution in [0.25, 0.3) is 0 Å². The predicted molar refractivity (Wildman–Crippen MR) is 47.5 cm³/mol. The van der Waals surface area contributed by atoms with Crippen LogP contribution < -0.4 is 5.32 Å². The Labute approximate surface area is 73.2 Å². The van der Waals surface area contributed by atoms with Gasteiger partial charge in [0.25, 0.3) is 0 Å². The second kappa shape index (κ2) is 4.38. The van der Waals surface area contributed by atoms with E-state index in [0.29, 0.717) is 13.2 Å². The van der Waals surface area contributed by atoms with Crippen molar-refractivity contribution >= 4 is 7.60 Å². The number of rotatable bonds is 5. The van der Waals surface area contributed by atoms with E-state index in [1.807, 2.05) is 13.8 Å². The molecule has 0 aromatic heterocycles. The molecule has 12 heavy (non-hydrogen) atoms. The lowest BCUT2D eigenvalue weighted by Gasteiger charge is -2.32. The molecule has 0 radical (unpaired) electrons. The van der Waals surface area contributed by atoms with Crippen molar-refractivity contribution in [3.63, 3.8) is 0 Å². The van der Waals surface area contributed by atoms with Crippen LogP contribution in [0.5, 0.6) is 0 Å². The Kier molecular flexibility index (Phi) is 3.72. The maximum atomic E-state index is 11.9. The third kappa shape index (κ3) is 2.07. The van der Waals surface area contributed by atoms with Gasteiger partial charge in [0.2, 0.25) is 0 Å². The van der Waals surface area contributed by atoms with E-state index in [1.54, 1.807) is 0 Å². The van der Waals surface area contributed by atoms with Crippen LogP contribution in [0.4, 0.5) is 0 Å². The zero-order chi connectivity index (χ0) is 9.03. The summed E-state index contributed by atoms with van der Waals surface area (Å²) in [5, 5.41) is 3.05. The SMILES string of the molecule is CCOP(=O)(OCC)C1CNC1. The second-order valence-corrected chi connectivity index (χ2v) is 5.01. The van der Waals surface area contributed by atoms with Crippen LogP contribution in [-0.2, 0) is 13.6 Å². The van der Waals surface area contributed by atoms with Crippen LogP contribution in [-0.4, -0.2) is 32.0 Å². The molecule has 1 fully saturated rings. The fraction of sp³-hybridized carbons (Fsp3) is 1.00. The van der Waals surface area contributed by atoms with Gasteiger partial charge in [0.05, 0.1) is 18.9 Å². The Hall–Kier alpha value is 0.110. The molecule has 1 aliphatic rings. The minimum absolute atomic E-state index is 0.0670. The van der Waals surface area contributed by atoms with E-state index in [4.69, 9.17) is 9.05 Å². The Morgan fingerprint density at radius 2 is 1.83 bits per heavy atom. The second-order valence-electron chi connectivity index (χ2n) is 2.69. The van der Waals surface area contributed by atoms with Crippen molar-refractivity contribution < 1.29 is 13.6 Å². The van der Waals surface area contributed by atoms with Gasteiger partial charge in [-0.3, -0.25) is 4.57 Å².